The van der Waals surface area contributed by atoms with Crippen LogP contribution in [-0.4, -0.2) is 60.8 Å². The maximum absolute atomic E-state index is 12.8. The lowest BCUT2D eigenvalue weighted by molar-refractivity contribution is -0.117. The maximum Gasteiger partial charge on any atom is 0.265 e. The SMILES string of the molecule is [2H]C([2H])([2H])NC(=O)c1cnc(NC(=O)C2CC2)cc1Nc1cccc(-c2ncc(C(=O)N(C)C)s2)c1OC. The number of thiazole rings is 1. The Kier molecular flexibility index (Phi) is 5.88. The van der Waals surface area contributed by atoms with Crippen LogP contribution < -0.4 is 20.7 Å². The van der Waals surface area contributed by atoms with E-state index in [9.17, 15) is 14.4 Å². The number of para-hydroxylation sites is 1. The van der Waals surface area contributed by atoms with Crippen LogP contribution in [-0.2, 0) is 4.79 Å². The number of benzene rings is 1. The van der Waals surface area contributed by atoms with Crippen LogP contribution >= 0.6 is 11.3 Å². The van der Waals surface area contributed by atoms with Gasteiger partial charge in [-0.05, 0) is 25.0 Å². The van der Waals surface area contributed by atoms with Gasteiger partial charge in [0.15, 0.2) is 5.75 Å². The molecule has 2 heterocycles. The van der Waals surface area contributed by atoms with Crippen LogP contribution in [0.4, 0.5) is 17.2 Å². The van der Waals surface area contributed by atoms with Crippen molar-refractivity contribution < 1.29 is 23.2 Å². The summed E-state index contributed by atoms with van der Waals surface area (Å²) in [5, 5.41) is 8.34. The number of nitrogens with zero attached hydrogens (tertiary/aromatic N) is 3. The van der Waals surface area contributed by atoms with Crippen LogP contribution in [0.15, 0.2) is 36.7 Å². The van der Waals surface area contributed by atoms with E-state index in [4.69, 9.17) is 8.85 Å². The fraction of sp³-hybridized carbons (Fsp3) is 0.292. The summed E-state index contributed by atoms with van der Waals surface area (Å²) in [7, 11) is 4.78. The molecule has 35 heavy (non-hydrogen) atoms. The second kappa shape index (κ2) is 10.1. The Hall–Kier alpha value is -3.99. The van der Waals surface area contributed by atoms with Crippen molar-refractivity contribution in [3.8, 4) is 16.3 Å². The molecule has 1 aromatic carbocycles. The Bertz CT molecular complexity index is 1390. The van der Waals surface area contributed by atoms with Gasteiger partial charge in [-0.25, -0.2) is 9.97 Å². The van der Waals surface area contributed by atoms with Gasteiger partial charge in [-0.2, -0.15) is 0 Å². The quantitative estimate of drug-likeness (QED) is 0.436. The Labute approximate surface area is 210 Å². The number of methoxy groups -OCH3 is 1. The zero-order valence-corrected chi connectivity index (χ0v) is 20.2. The molecule has 0 saturated heterocycles. The van der Waals surface area contributed by atoms with Gasteiger partial charge in [0.05, 0.1) is 35.8 Å². The molecule has 0 spiro atoms. The summed E-state index contributed by atoms with van der Waals surface area (Å²) in [5.41, 5.74) is 1.19. The van der Waals surface area contributed by atoms with Crippen LogP contribution in [0.5, 0.6) is 5.75 Å². The summed E-state index contributed by atoms with van der Waals surface area (Å²) in [4.78, 5) is 47.8. The summed E-state index contributed by atoms with van der Waals surface area (Å²) in [6.07, 6.45) is 4.30. The molecule has 1 aliphatic rings. The molecule has 3 aromatic rings. The molecule has 2 aromatic heterocycles. The molecule has 0 radical (unpaired) electrons. The van der Waals surface area contributed by atoms with Crippen LogP contribution in [0.3, 0.4) is 0 Å². The Morgan fingerprint density at radius 2 is 1.97 bits per heavy atom. The average Bonchev–Trinajstić information content (AvgIpc) is 3.59. The minimum Gasteiger partial charge on any atom is -0.494 e. The molecule has 3 amide bonds. The van der Waals surface area contributed by atoms with Gasteiger partial charge < -0.3 is 25.6 Å². The van der Waals surface area contributed by atoms with Crippen molar-refractivity contribution in [2.45, 2.75) is 12.8 Å². The van der Waals surface area contributed by atoms with Gasteiger partial charge in [0.1, 0.15) is 15.7 Å². The first kappa shape index (κ1) is 20.4. The van der Waals surface area contributed by atoms with Crippen molar-refractivity contribution in [1.29, 1.82) is 0 Å². The van der Waals surface area contributed by atoms with Crippen molar-refractivity contribution in [3.05, 3.63) is 47.1 Å². The number of anilines is 3. The van der Waals surface area contributed by atoms with Crippen LogP contribution in [0.2, 0.25) is 0 Å². The summed E-state index contributed by atoms with van der Waals surface area (Å²) in [6, 6.07) is 6.69. The van der Waals surface area contributed by atoms with Crippen LogP contribution in [0.25, 0.3) is 10.6 Å². The number of aromatic nitrogens is 2. The second-order valence-corrected chi connectivity index (χ2v) is 9.10. The van der Waals surface area contributed by atoms with Crippen molar-refractivity contribution in [1.82, 2.24) is 20.2 Å². The highest BCUT2D eigenvalue weighted by Gasteiger charge is 2.30. The van der Waals surface area contributed by atoms with E-state index in [1.54, 1.807) is 32.3 Å². The number of amides is 3. The molecule has 3 N–H and O–H groups in total. The van der Waals surface area contributed by atoms with E-state index in [1.807, 2.05) is 5.32 Å². The van der Waals surface area contributed by atoms with Gasteiger partial charge in [0.25, 0.3) is 11.8 Å². The number of pyridine rings is 1. The number of hydrogen-bond acceptors (Lipinski definition) is 8. The first-order valence-corrected chi connectivity index (χ1v) is 11.5. The Morgan fingerprint density at radius 1 is 1.17 bits per heavy atom. The largest absolute Gasteiger partial charge is 0.494 e. The van der Waals surface area contributed by atoms with Gasteiger partial charge in [0, 0.05) is 43.4 Å². The first-order chi connectivity index (χ1) is 18.0. The normalized spacial score (nSPS) is 14.2. The highest BCUT2D eigenvalue weighted by Crippen LogP contribution is 2.40. The highest BCUT2D eigenvalue weighted by atomic mass is 32.1. The van der Waals surface area contributed by atoms with E-state index in [1.165, 1.54) is 41.8 Å². The summed E-state index contributed by atoms with van der Waals surface area (Å²) < 4.78 is 27.8. The molecule has 0 aliphatic heterocycles. The van der Waals surface area contributed by atoms with Gasteiger partial charge in [-0.1, -0.05) is 6.07 Å². The molecule has 182 valence electrons. The molecule has 0 unspecified atom stereocenters. The minimum atomic E-state index is -2.71. The van der Waals surface area contributed by atoms with Crippen molar-refractivity contribution in [2.75, 3.05) is 38.8 Å². The second-order valence-electron chi connectivity index (χ2n) is 8.07. The molecule has 1 fully saturated rings. The van der Waals surface area contributed by atoms with E-state index in [-0.39, 0.29) is 34.8 Å². The molecule has 0 bridgehead atoms. The lowest BCUT2D eigenvalue weighted by Crippen LogP contribution is -2.20. The molecular weight excluding hydrogens is 468 g/mol. The molecule has 0 atom stereocenters. The molecule has 11 heteroatoms. The fourth-order valence-electron chi connectivity index (χ4n) is 3.34. The predicted molar refractivity (Wildman–Crippen MR) is 134 cm³/mol. The topological polar surface area (TPSA) is 126 Å². The minimum absolute atomic E-state index is 0.0499. The van der Waals surface area contributed by atoms with E-state index < -0.39 is 12.9 Å². The number of carbonyl (C=O) groups excluding carboxylic acids is 3. The first-order valence-electron chi connectivity index (χ1n) is 12.2. The van der Waals surface area contributed by atoms with Gasteiger partial charge in [-0.3, -0.25) is 14.4 Å². The Morgan fingerprint density at radius 3 is 2.66 bits per heavy atom. The lowest BCUT2D eigenvalue weighted by Gasteiger charge is -2.17. The average molecular weight is 498 g/mol. The third-order valence-corrected chi connectivity index (χ3v) is 6.32. The number of nitrogens with one attached hydrogen (secondary N) is 3. The zero-order chi connectivity index (χ0) is 27.6. The van der Waals surface area contributed by atoms with E-state index >= 15 is 0 Å². The number of ether oxygens (including phenoxy) is 1. The number of carbonyl (C=O) groups is 3. The zero-order valence-electron chi connectivity index (χ0n) is 22.3. The summed E-state index contributed by atoms with van der Waals surface area (Å²) in [6.45, 7) is -2.71. The van der Waals surface area contributed by atoms with Crippen molar-refractivity contribution in [2.24, 2.45) is 5.92 Å². The summed E-state index contributed by atoms with van der Waals surface area (Å²) in [5.74, 6) is -0.697. The molecule has 4 rings (SSSR count). The molecule has 1 aliphatic carbocycles. The molecule has 10 nitrogen and oxygen atoms in total. The number of hydrogen-bond donors (Lipinski definition) is 3. The predicted octanol–water partition coefficient (Wildman–Crippen LogP) is 3.37. The third kappa shape index (κ3) is 5.24. The van der Waals surface area contributed by atoms with Crippen molar-refractivity contribution >= 4 is 46.3 Å². The monoisotopic (exact) mass is 497 g/mol. The van der Waals surface area contributed by atoms with Crippen LogP contribution in [0, 0.1) is 5.92 Å². The van der Waals surface area contributed by atoms with E-state index in [0.717, 1.165) is 12.8 Å². The highest BCUT2D eigenvalue weighted by molar-refractivity contribution is 7.16. The van der Waals surface area contributed by atoms with Crippen LogP contribution in [0.1, 0.15) is 37.0 Å². The smallest absolute Gasteiger partial charge is 0.265 e. The Balaban J connectivity index is 1.71. The maximum atomic E-state index is 12.8. The van der Waals surface area contributed by atoms with Gasteiger partial charge >= 0.3 is 0 Å². The molecular formula is C24H26N6O4S. The summed E-state index contributed by atoms with van der Waals surface area (Å²) >= 11 is 1.21. The molecule has 1 saturated carbocycles. The van der Waals surface area contributed by atoms with Gasteiger partial charge in [-0.15, -0.1) is 11.3 Å². The fourth-order valence-corrected chi connectivity index (χ4v) is 4.30. The van der Waals surface area contributed by atoms with Gasteiger partial charge in [0.2, 0.25) is 5.91 Å². The third-order valence-electron chi connectivity index (χ3n) is 5.30. The van der Waals surface area contributed by atoms with E-state index in [0.29, 0.717) is 26.9 Å². The lowest BCUT2D eigenvalue weighted by atomic mass is 10.1. The number of rotatable bonds is 8. The standard InChI is InChI=1S/C24H26N6O4S/c1-25-22(32)15-11-26-19(29-21(31)13-8-9-13)10-17(15)28-16-7-5-6-14(20(16)34-4)23-27-12-18(35-23)24(33)30(2)3/h5-7,10-13H,8-9H2,1-4H3,(H,25,32)(H2,26,28,29,31)/i1D3. The van der Waals surface area contributed by atoms with Crippen molar-refractivity contribution in [3.63, 3.8) is 0 Å². The van der Waals surface area contributed by atoms with E-state index in [2.05, 4.69) is 20.6 Å².